The van der Waals surface area contributed by atoms with Crippen LogP contribution in [0.3, 0.4) is 0 Å². The molecule has 0 atom stereocenters. The number of pyridine rings is 1. The summed E-state index contributed by atoms with van der Waals surface area (Å²) in [7, 11) is 0. The van der Waals surface area contributed by atoms with E-state index in [0.29, 0.717) is 5.82 Å². The minimum atomic E-state index is 0.671. The maximum absolute atomic E-state index is 5.44. The molecule has 5 nitrogen and oxygen atoms in total. The lowest BCUT2D eigenvalue weighted by Crippen LogP contribution is -2.00. The third-order valence-electron chi connectivity index (χ3n) is 12.7. The fourth-order valence-electron chi connectivity index (χ4n) is 9.90. The molecule has 4 aromatic heterocycles. The van der Waals surface area contributed by atoms with Crippen LogP contribution in [0, 0.1) is 0 Å². The van der Waals surface area contributed by atoms with Gasteiger partial charge in [0.15, 0.2) is 5.82 Å². The molecule has 0 N–H and O–H groups in total. The summed E-state index contributed by atoms with van der Waals surface area (Å²) in [5.74, 6) is 0.671. The second kappa shape index (κ2) is 14.5. The summed E-state index contributed by atoms with van der Waals surface area (Å²) in [4.78, 5) is 16.1. The van der Waals surface area contributed by atoms with E-state index < -0.39 is 0 Å². The molecule has 0 aliphatic rings. The van der Waals surface area contributed by atoms with Gasteiger partial charge in [-0.2, -0.15) is 0 Å². The van der Waals surface area contributed by atoms with Crippen LogP contribution in [0.15, 0.2) is 224 Å². The van der Waals surface area contributed by atoms with E-state index in [1.165, 1.54) is 32.6 Å². The molecule has 0 radical (unpaired) electrons. The molecular formula is C59H37N5. The van der Waals surface area contributed by atoms with Gasteiger partial charge in [-0.3, -0.25) is 0 Å². The van der Waals surface area contributed by atoms with Crippen LogP contribution < -0.4 is 0 Å². The van der Waals surface area contributed by atoms with E-state index in [1.54, 1.807) is 0 Å². The number of para-hydroxylation sites is 5. The maximum Gasteiger partial charge on any atom is 0.160 e. The highest BCUT2D eigenvalue weighted by Crippen LogP contribution is 2.45. The maximum atomic E-state index is 5.44. The summed E-state index contributed by atoms with van der Waals surface area (Å²) in [5.41, 5.74) is 14.4. The zero-order valence-electron chi connectivity index (χ0n) is 34.6. The van der Waals surface area contributed by atoms with E-state index >= 15 is 0 Å². The Hall–Kier alpha value is -8.67. The number of hydrogen-bond donors (Lipinski definition) is 0. The van der Waals surface area contributed by atoms with Crippen molar-refractivity contribution in [1.82, 2.24) is 24.1 Å². The molecule has 0 bridgehead atoms. The van der Waals surface area contributed by atoms with Crippen molar-refractivity contribution < 1.29 is 0 Å². The third kappa shape index (κ3) is 5.61. The zero-order chi connectivity index (χ0) is 42.1. The molecule has 13 rings (SSSR count). The van der Waals surface area contributed by atoms with Gasteiger partial charge in [0.25, 0.3) is 0 Å². The number of fused-ring (bicyclic) bond motifs is 10. The van der Waals surface area contributed by atoms with Gasteiger partial charge in [-0.05, 0) is 48.5 Å². The quantitative estimate of drug-likeness (QED) is 0.157. The Balaban J connectivity index is 1.11. The zero-order valence-corrected chi connectivity index (χ0v) is 34.6. The van der Waals surface area contributed by atoms with E-state index in [4.69, 9.17) is 15.0 Å². The van der Waals surface area contributed by atoms with Crippen molar-refractivity contribution in [2.75, 3.05) is 0 Å². The lowest BCUT2D eigenvalue weighted by molar-refractivity contribution is 1.16. The topological polar surface area (TPSA) is 48.5 Å². The normalized spacial score (nSPS) is 11.8. The molecule has 0 saturated carbocycles. The van der Waals surface area contributed by atoms with Crippen molar-refractivity contribution in [1.29, 1.82) is 0 Å². The van der Waals surface area contributed by atoms with Gasteiger partial charge >= 0.3 is 0 Å². The molecule has 0 saturated heterocycles. The fraction of sp³-hybridized carbons (Fsp3) is 0. The summed E-state index contributed by atoms with van der Waals surface area (Å²) >= 11 is 0. The van der Waals surface area contributed by atoms with E-state index in [2.05, 4.69) is 228 Å². The molecule has 0 unspecified atom stereocenters. The Bertz CT molecular complexity index is 3890. The van der Waals surface area contributed by atoms with E-state index in [0.717, 1.165) is 83.4 Å². The van der Waals surface area contributed by atoms with Crippen LogP contribution >= 0.6 is 0 Å². The van der Waals surface area contributed by atoms with E-state index in [9.17, 15) is 0 Å². The third-order valence-corrected chi connectivity index (χ3v) is 12.7. The van der Waals surface area contributed by atoms with Crippen LogP contribution in [0.1, 0.15) is 0 Å². The lowest BCUT2D eigenvalue weighted by atomic mass is 9.97. The molecule has 0 fully saturated rings. The summed E-state index contributed by atoms with van der Waals surface area (Å²) in [5, 5.41) is 8.17. The number of hydrogen-bond acceptors (Lipinski definition) is 3. The number of aromatic nitrogens is 5. The van der Waals surface area contributed by atoms with Gasteiger partial charge in [0.2, 0.25) is 0 Å². The van der Waals surface area contributed by atoms with Crippen molar-refractivity contribution in [3.63, 3.8) is 0 Å². The first-order valence-corrected chi connectivity index (χ1v) is 21.7. The number of benzene rings is 9. The van der Waals surface area contributed by atoms with Crippen molar-refractivity contribution in [3.8, 4) is 56.5 Å². The van der Waals surface area contributed by atoms with Crippen LogP contribution in [0.25, 0.3) is 122 Å². The Morgan fingerprint density at radius 1 is 0.312 bits per heavy atom. The summed E-state index contributed by atoms with van der Waals surface area (Å²) < 4.78 is 4.82. The van der Waals surface area contributed by atoms with Crippen LogP contribution in [-0.4, -0.2) is 24.1 Å². The second-order valence-electron chi connectivity index (χ2n) is 16.3. The first-order valence-electron chi connectivity index (χ1n) is 21.7. The van der Waals surface area contributed by atoms with E-state index in [-0.39, 0.29) is 0 Å². The minimum Gasteiger partial charge on any atom is -0.309 e. The average Bonchev–Trinajstić information content (AvgIpc) is 3.90. The van der Waals surface area contributed by atoms with Crippen LogP contribution in [0.5, 0.6) is 0 Å². The Morgan fingerprint density at radius 2 is 0.859 bits per heavy atom. The summed E-state index contributed by atoms with van der Waals surface area (Å²) in [6.07, 6.45) is 0. The van der Waals surface area contributed by atoms with Crippen LogP contribution in [0.2, 0.25) is 0 Å². The van der Waals surface area contributed by atoms with Gasteiger partial charge in [0, 0.05) is 71.3 Å². The largest absolute Gasteiger partial charge is 0.309 e. The van der Waals surface area contributed by atoms with Gasteiger partial charge in [-0.1, -0.05) is 176 Å². The molecule has 298 valence electrons. The lowest BCUT2D eigenvalue weighted by Gasteiger charge is -2.16. The van der Waals surface area contributed by atoms with Crippen LogP contribution in [-0.2, 0) is 0 Å². The Labute approximate surface area is 368 Å². The molecule has 9 aromatic carbocycles. The SMILES string of the molecule is c1ccc(-c2nc(-c3cccc(-n4c5ccccc5c5ccccc54)c3)cc(-c3cccc4c5ccc6c(-c7ccccc7)nc7ccccc7c6c5n(-c5ccccc5)c34)n2)cc1. The van der Waals surface area contributed by atoms with Crippen molar-refractivity contribution in [2.24, 2.45) is 0 Å². The molecule has 5 heteroatoms. The Morgan fingerprint density at radius 3 is 1.61 bits per heavy atom. The summed E-state index contributed by atoms with van der Waals surface area (Å²) in [6.45, 7) is 0. The molecule has 64 heavy (non-hydrogen) atoms. The fourth-order valence-corrected chi connectivity index (χ4v) is 9.90. The number of rotatable bonds is 6. The minimum absolute atomic E-state index is 0.671. The van der Waals surface area contributed by atoms with Gasteiger partial charge in [0.1, 0.15) is 0 Å². The van der Waals surface area contributed by atoms with Crippen molar-refractivity contribution in [2.45, 2.75) is 0 Å². The van der Waals surface area contributed by atoms with Gasteiger partial charge in [0.05, 0.1) is 44.7 Å². The molecule has 13 aromatic rings. The van der Waals surface area contributed by atoms with Crippen LogP contribution in [0.4, 0.5) is 0 Å². The predicted octanol–water partition coefficient (Wildman–Crippen LogP) is 15.0. The first kappa shape index (κ1) is 36.0. The van der Waals surface area contributed by atoms with Gasteiger partial charge in [-0.25, -0.2) is 15.0 Å². The predicted molar refractivity (Wildman–Crippen MR) is 265 cm³/mol. The first-order chi connectivity index (χ1) is 31.8. The Kier molecular flexibility index (Phi) is 8.15. The number of nitrogens with zero attached hydrogens (tertiary/aromatic N) is 5. The van der Waals surface area contributed by atoms with E-state index in [1.807, 2.05) is 6.07 Å². The van der Waals surface area contributed by atoms with Gasteiger partial charge < -0.3 is 9.13 Å². The van der Waals surface area contributed by atoms with Crippen molar-refractivity contribution >= 4 is 65.3 Å². The molecule has 0 spiro atoms. The molecule has 4 heterocycles. The molecule has 0 aliphatic heterocycles. The highest BCUT2D eigenvalue weighted by Gasteiger charge is 2.23. The standard InChI is InChI=1S/C59H37N5/c1-4-18-38(19-5-1)56-49-35-34-46-45-29-17-30-48(57(45)64(41-23-8-3-9-24-41)58(46)55(49)47-28-10-13-31-50(47)60-56)52-37-51(61-59(62-52)39-20-6-2-7-21-39)40-22-16-25-42(36-40)63-53-32-14-11-26-43(53)44-27-12-15-33-54(44)63/h1-37H. The monoisotopic (exact) mass is 815 g/mol. The average molecular weight is 816 g/mol. The smallest absolute Gasteiger partial charge is 0.160 e. The van der Waals surface area contributed by atoms with Crippen molar-refractivity contribution in [3.05, 3.63) is 224 Å². The second-order valence-corrected chi connectivity index (χ2v) is 16.3. The molecular weight excluding hydrogens is 779 g/mol. The molecule has 0 aliphatic carbocycles. The summed E-state index contributed by atoms with van der Waals surface area (Å²) in [6, 6.07) is 79.5. The highest BCUT2D eigenvalue weighted by atomic mass is 15.0. The van der Waals surface area contributed by atoms with Gasteiger partial charge in [-0.15, -0.1) is 0 Å². The molecule has 0 amide bonds. The highest BCUT2D eigenvalue weighted by molar-refractivity contribution is 6.28.